The summed E-state index contributed by atoms with van der Waals surface area (Å²) in [6.07, 6.45) is 2.23. The van der Waals surface area contributed by atoms with Gasteiger partial charge in [-0.15, -0.1) is 0 Å². The molecule has 2 heterocycles. The normalized spacial score (nSPS) is 19.8. The second-order valence-corrected chi connectivity index (χ2v) is 6.04. The second kappa shape index (κ2) is 5.33. The SMILES string of the molecule is COc1cc2c(cc1OC)[C@H]1c3ccccc3CCN1CC2. The highest BCUT2D eigenvalue weighted by molar-refractivity contribution is 5.53. The number of benzene rings is 2. The summed E-state index contributed by atoms with van der Waals surface area (Å²) in [6, 6.07) is 13.5. The molecule has 0 fully saturated rings. The highest BCUT2D eigenvalue weighted by atomic mass is 16.5. The molecule has 0 bridgehead atoms. The van der Waals surface area contributed by atoms with Gasteiger partial charge >= 0.3 is 0 Å². The summed E-state index contributed by atoms with van der Waals surface area (Å²) in [7, 11) is 3.41. The van der Waals surface area contributed by atoms with Crippen LogP contribution < -0.4 is 9.47 Å². The fraction of sp³-hybridized carbons (Fsp3) is 0.368. The molecule has 114 valence electrons. The Morgan fingerprint density at radius 3 is 2.32 bits per heavy atom. The molecular weight excluding hydrogens is 274 g/mol. The van der Waals surface area contributed by atoms with Crippen molar-refractivity contribution in [2.45, 2.75) is 18.9 Å². The Bertz CT molecular complexity index is 711. The zero-order valence-electron chi connectivity index (χ0n) is 13.1. The standard InChI is InChI=1S/C19H21NO2/c1-21-17-11-14-8-10-20-9-7-13-5-3-4-6-15(13)19(20)16(14)12-18(17)22-2/h3-6,11-12,19H,7-10H2,1-2H3/t19-/m1/s1. The highest BCUT2D eigenvalue weighted by Crippen LogP contribution is 2.43. The summed E-state index contributed by atoms with van der Waals surface area (Å²) in [5.41, 5.74) is 5.68. The quantitative estimate of drug-likeness (QED) is 0.849. The minimum atomic E-state index is 0.355. The van der Waals surface area contributed by atoms with Crippen molar-refractivity contribution in [2.24, 2.45) is 0 Å². The maximum absolute atomic E-state index is 5.53. The van der Waals surface area contributed by atoms with E-state index in [2.05, 4.69) is 41.3 Å². The molecule has 2 aromatic rings. The van der Waals surface area contributed by atoms with E-state index in [-0.39, 0.29) is 0 Å². The molecule has 1 atom stereocenters. The summed E-state index contributed by atoms with van der Waals surface area (Å²) >= 11 is 0. The number of rotatable bonds is 2. The molecule has 3 nitrogen and oxygen atoms in total. The maximum atomic E-state index is 5.53. The van der Waals surface area contributed by atoms with Crippen LogP contribution in [-0.2, 0) is 12.8 Å². The Labute approximate surface area is 131 Å². The molecule has 0 unspecified atom stereocenters. The molecule has 0 radical (unpaired) electrons. The number of nitrogens with zero attached hydrogens (tertiary/aromatic N) is 1. The Morgan fingerprint density at radius 2 is 1.55 bits per heavy atom. The van der Waals surface area contributed by atoms with Crippen molar-refractivity contribution in [3.05, 3.63) is 58.7 Å². The molecule has 4 rings (SSSR count). The van der Waals surface area contributed by atoms with E-state index < -0.39 is 0 Å². The lowest BCUT2D eigenvalue weighted by atomic mass is 9.82. The van der Waals surface area contributed by atoms with Crippen LogP contribution in [0, 0.1) is 0 Å². The first kappa shape index (κ1) is 13.6. The lowest BCUT2D eigenvalue weighted by Crippen LogP contribution is -2.40. The molecule has 2 aliphatic heterocycles. The summed E-state index contributed by atoms with van der Waals surface area (Å²) < 4.78 is 11.0. The van der Waals surface area contributed by atoms with Crippen molar-refractivity contribution in [2.75, 3.05) is 27.3 Å². The van der Waals surface area contributed by atoms with E-state index in [4.69, 9.17) is 9.47 Å². The van der Waals surface area contributed by atoms with Gasteiger partial charge in [-0.05, 0) is 47.2 Å². The van der Waals surface area contributed by atoms with Gasteiger partial charge in [-0.2, -0.15) is 0 Å². The van der Waals surface area contributed by atoms with Crippen LogP contribution in [0.4, 0.5) is 0 Å². The van der Waals surface area contributed by atoms with Crippen LogP contribution in [0.3, 0.4) is 0 Å². The van der Waals surface area contributed by atoms with E-state index >= 15 is 0 Å². The Morgan fingerprint density at radius 1 is 0.864 bits per heavy atom. The average molecular weight is 295 g/mol. The van der Waals surface area contributed by atoms with Crippen molar-refractivity contribution in [3.63, 3.8) is 0 Å². The van der Waals surface area contributed by atoms with Crippen LogP contribution in [0.5, 0.6) is 11.5 Å². The molecule has 3 heteroatoms. The van der Waals surface area contributed by atoms with Gasteiger partial charge in [0.15, 0.2) is 11.5 Å². The minimum Gasteiger partial charge on any atom is -0.493 e. The van der Waals surface area contributed by atoms with E-state index in [0.717, 1.165) is 37.4 Å². The highest BCUT2D eigenvalue weighted by Gasteiger charge is 2.33. The van der Waals surface area contributed by atoms with E-state index in [1.54, 1.807) is 14.2 Å². The molecule has 0 amide bonds. The van der Waals surface area contributed by atoms with Gasteiger partial charge in [0.25, 0.3) is 0 Å². The van der Waals surface area contributed by atoms with E-state index in [1.807, 2.05) is 0 Å². The van der Waals surface area contributed by atoms with Crippen molar-refractivity contribution < 1.29 is 9.47 Å². The molecule has 0 aliphatic carbocycles. The number of ether oxygens (including phenoxy) is 2. The van der Waals surface area contributed by atoms with Gasteiger partial charge in [0.2, 0.25) is 0 Å². The van der Waals surface area contributed by atoms with Gasteiger partial charge in [0.1, 0.15) is 0 Å². The zero-order valence-corrected chi connectivity index (χ0v) is 13.1. The van der Waals surface area contributed by atoms with E-state index in [9.17, 15) is 0 Å². The maximum Gasteiger partial charge on any atom is 0.161 e. The topological polar surface area (TPSA) is 21.7 Å². The molecule has 2 aliphatic rings. The summed E-state index contributed by atoms with van der Waals surface area (Å²) in [5.74, 6) is 1.66. The second-order valence-electron chi connectivity index (χ2n) is 6.04. The van der Waals surface area contributed by atoms with Crippen LogP contribution >= 0.6 is 0 Å². The Kier molecular flexibility index (Phi) is 3.30. The third-order valence-corrected chi connectivity index (χ3v) is 4.99. The predicted octanol–water partition coefficient (Wildman–Crippen LogP) is 3.21. The molecular formula is C19H21NO2. The largest absolute Gasteiger partial charge is 0.493 e. The zero-order chi connectivity index (χ0) is 15.1. The van der Waals surface area contributed by atoms with Crippen molar-refractivity contribution in [1.29, 1.82) is 0 Å². The van der Waals surface area contributed by atoms with Crippen molar-refractivity contribution in [3.8, 4) is 11.5 Å². The average Bonchev–Trinajstić information content (AvgIpc) is 2.59. The first-order chi connectivity index (χ1) is 10.8. The fourth-order valence-corrected chi connectivity index (χ4v) is 3.90. The van der Waals surface area contributed by atoms with Gasteiger partial charge in [0, 0.05) is 13.1 Å². The van der Waals surface area contributed by atoms with Crippen molar-refractivity contribution >= 4 is 0 Å². The molecule has 0 spiro atoms. The van der Waals surface area contributed by atoms with Gasteiger partial charge in [0.05, 0.1) is 20.3 Å². The first-order valence-corrected chi connectivity index (χ1v) is 7.88. The molecule has 0 aromatic heterocycles. The fourth-order valence-electron chi connectivity index (χ4n) is 3.90. The number of methoxy groups -OCH3 is 2. The third-order valence-electron chi connectivity index (χ3n) is 4.99. The van der Waals surface area contributed by atoms with Gasteiger partial charge in [-0.25, -0.2) is 0 Å². The van der Waals surface area contributed by atoms with Gasteiger partial charge in [-0.1, -0.05) is 24.3 Å². The van der Waals surface area contributed by atoms with Crippen LogP contribution in [0.2, 0.25) is 0 Å². The van der Waals surface area contributed by atoms with E-state index in [1.165, 1.54) is 22.3 Å². The molecule has 22 heavy (non-hydrogen) atoms. The monoisotopic (exact) mass is 295 g/mol. The summed E-state index contributed by atoms with van der Waals surface area (Å²) in [5, 5.41) is 0. The lowest BCUT2D eigenvalue weighted by molar-refractivity contribution is 0.201. The van der Waals surface area contributed by atoms with Crippen molar-refractivity contribution in [1.82, 2.24) is 4.90 Å². The first-order valence-electron chi connectivity index (χ1n) is 7.88. The molecule has 2 aromatic carbocycles. The van der Waals surface area contributed by atoms with Gasteiger partial charge < -0.3 is 9.47 Å². The summed E-state index contributed by atoms with van der Waals surface area (Å²) in [4.78, 5) is 2.59. The predicted molar refractivity (Wildman–Crippen MR) is 86.8 cm³/mol. The smallest absolute Gasteiger partial charge is 0.161 e. The van der Waals surface area contributed by atoms with Crippen LogP contribution in [0.15, 0.2) is 36.4 Å². The van der Waals surface area contributed by atoms with Crippen LogP contribution in [0.1, 0.15) is 28.3 Å². The molecule has 0 saturated heterocycles. The van der Waals surface area contributed by atoms with Gasteiger partial charge in [-0.3, -0.25) is 4.90 Å². The number of fused-ring (bicyclic) bond motifs is 5. The van der Waals surface area contributed by atoms with Crippen LogP contribution in [0.25, 0.3) is 0 Å². The third kappa shape index (κ3) is 2.00. The van der Waals surface area contributed by atoms with E-state index in [0.29, 0.717) is 6.04 Å². The molecule has 0 N–H and O–H groups in total. The van der Waals surface area contributed by atoms with Crippen LogP contribution in [-0.4, -0.2) is 32.2 Å². The molecule has 0 saturated carbocycles. The Hall–Kier alpha value is -2.00. The number of hydrogen-bond acceptors (Lipinski definition) is 3. The minimum absolute atomic E-state index is 0.355. The Balaban J connectivity index is 1.89. The number of hydrogen-bond donors (Lipinski definition) is 0. The summed E-state index contributed by atoms with van der Waals surface area (Å²) in [6.45, 7) is 2.25. The lowest BCUT2D eigenvalue weighted by Gasteiger charge is -2.42.